The van der Waals surface area contributed by atoms with E-state index in [0.29, 0.717) is 22.6 Å². The number of fused-ring (bicyclic) bond motifs is 1. The van der Waals surface area contributed by atoms with Gasteiger partial charge in [-0.15, -0.1) is 0 Å². The van der Waals surface area contributed by atoms with Crippen LogP contribution in [-0.4, -0.2) is 18.7 Å². The number of halogens is 1. The summed E-state index contributed by atoms with van der Waals surface area (Å²) in [6.07, 6.45) is 3.71. The van der Waals surface area contributed by atoms with Crippen molar-refractivity contribution in [3.63, 3.8) is 0 Å². The quantitative estimate of drug-likeness (QED) is 0.696. The largest absolute Gasteiger partial charge is 0.492 e. The predicted octanol–water partition coefficient (Wildman–Crippen LogP) is 5.59. The first kappa shape index (κ1) is 18.0. The number of hydrogen-bond acceptors (Lipinski definition) is 3. The van der Waals surface area contributed by atoms with Crippen LogP contribution in [0.15, 0.2) is 59.9 Å². The van der Waals surface area contributed by atoms with Gasteiger partial charge in [0.25, 0.3) is 0 Å². The Morgan fingerprint density at radius 1 is 0.815 bits per heavy atom. The van der Waals surface area contributed by atoms with E-state index in [-0.39, 0.29) is 23.2 Å². The summed E-state index contributed by atoms with van der Waals surface area (Å²) in [5.74, 6) is 0.522. The number of benzene rings is 2. The molecule has 4 rings (SSSR count). The van der Waals surface area contributed by atoms with Crippen molar-refractivity contribution in [1.82, 2.24) is 0 Å². The zero-order valence-electron chi connectivity index (χ0n) is 15.2. The second kappa shape index (κ2) is 7.32. The summed E-state index contributed by atoms with van der Waals surface area (Å²) in [4.78, 5) is 25.9. The SMILES string of the molecule is COC1=C([C@H]2CC[C@H](c3ccc(Cl)cc3)CC2)C(=O)c2ccccc2C1=O. The van der Waals surface area contributed by atoms with Gasteiger partial charge < -0.3 is 4.74 Å². The zero-order valence-corrected chi connectivity index (χ0v) is 16.0. The first-order valence-corrected chi connectivity index (χ1v) is 9.70. The summed E-state index contributed by atoms with van der Waals surface area (Å²) >= 11 is 5.99. The molecule has 4 heteroatoms. The molecule has 1 saturated carbocycles. The second-order valence-corrected chi connectivity index (χ2v) is 7.69. The van der Waals surface area contributed by atoms with Crippen LogP contribution >= 0.6 is 11.6 Å². The Morgan fingerprint density at radius 2 is 1.37 bits per heavy atom. The molecule has 0 aliphatic heterocycles. The summed E-state index contributed by atoms with van der Waals surface area (Å²) < 4.78 is 5.42. The van der Waals surface area contributed by atoms with E-state index in [1.54, 1.807) is 24.3 Å². The van der Waals surface area contributed by atoms with Gasteiger partial charge in [-0.2, -0.15) is 0 Å². The third-order valence-corrected chi connectivity index (χ3v) is 6.04. The number of carbonyl (C=O) groups is 2. The van der Waals surface area contributed by atoms with E-state index in [9.17, 15) is 9.59 Å². The minimum Gasteiger partial charge on any atom is -0.492 e. The van der Waals surface area contributed by atoms with Gasteiger partial charge in [0, 0.05) is 21.7 Å². The molecule has 0 saturated heterocycles. The van der Waals surface area contributed by atoms with Gasteiger partial charge in [-0.3, -0.25) is 9.59 Å². The molecule has 0 radical (unpaired) electrons. The summed E-state index contributed by atoms with van der Waals surface area (Å²) in [5, 5.41) is 0.743. The zero-order chi connectivity index (χ0) is 19.0. The Bertz CT molecular complexity index is 919. The molecule has 0 heterocycles. The van der Waals surface area contributed by atoms with Gasteiger partial charge in [0.15, 0.2) is 11.5 Å². The minimum atomic E-state index is -0.178. The van der Waals surface area contributed by atoms with Gasteiger partial charge in [-0.05, 0) is 55.2 Å². The minimum absolute atomic E-state index is 0.0583. The molecule has 0 bridgehead atoms. The molecule has 2 aromatic rings. The maximum absolute atomic E-state index is 13.1. The number of hydrogen-bond donors (Lipinski definition) is 0. The van der Waals surface area contributed by atoms with Crippen LogP contribution in [0.2, 0.25) is 5.02 Å². The number of ether oxygens (including phenoxy) is 1. The maximum atomic E-state index is 13.1. The molecule has 0 N–H and O–H groups in total. The van der Waals surface area contributed by atoms with E-state index >= 15 is 0 Å². The monoisotopic (exact) mass is 380 g/mol. The summed E-state index contributed by atoms with van der Waals surface area (Å²) in [6, 6.07) is 15.0. The molecule has 0 atom stereocenters. The molecule has 2 aromatic carbocycles. The van der Waals surface area contributed by atoms with Crippen LogP contribution in [0, 0.1) is 5.92 Å². The molecular formula is C23H21ClO3. The highest BCUT2D eigenvalue weighted by atomic mass is 35.5. The Morgan fingerprint density at radius 3 is 1.96 bits per heavy atom. The van der Waals surface area contributed by atoms with E-state index in [4.69, 9.17) is 16.3 Å². The topological polar surface area (TPSA) is 43.4 Å². The molecule has 0 spiro atoms. The number of ketones is 2. The first-order valence-electron chi connectivity index (χ1n) is 9.32. The van der Waals surface area contributed by atoms with Crippen LogP contribution < -0.4 is 0 Å². The Kier molecular flexibility index (Phi) is 4.88. The van der Waals surface area contributed by atoms with Crippen molar-refractivity contribution in [3.8, 4) is 0 Å². The molecular weight excluding hydrogens is 360 g/mol. The number of rotatable bonds is 3. The lowest BCUT2D eigenvalue weighted by atomic mass is 9.72. The van der Waals surface area contributed by atoms with Crippen molar-refractivity contribution in [1.29, 1.82) is 0 Å². The molecule has 138 valence electrons. The van der Waals surface area contributed by atoms with Crippen molar-refractivity contribution in [3.05, 3.63) is 81.6 Å². The van der Waals surface area contributed by atoms with Gasteiger partial charge >= 0.3 is 0 Å². The van der Waals surface area contributed by atoms with Crippen molar-refractivity contribution in [2.75, 3.05) is 7.11 Å². The predicted molar refractivity (Wildman–Crippen MR) is 105 cm³/mol. The molecule has 2 aliphatic carbocycles. The van der Waals surface area contributed by atoms with Crippen LogP contribution in [0.4, 0.5) is 0 Å². The van der Waals surface area contributed by atoms with Gasteiger partial charge in [0.1, 0.15) is 0 Å². The third kappa shape index (κ3) is 3.21. The molecule has 1 fully saturated rings. The van der Waals surface area contributed by atoms with E-state index in [1.165, 1.54) is 12.7 Å². The fourth-order valence-electron chi connectivity index (χ4n) is 4.40. The van der Waals surface area contributed by atoms with Crippen LogP contribution in [-0.2, 0) is 4.74 Å². The highest BCUT2D eigenvalue weighted by Crippen LogP contribution is 2.42. The Balaban J connectivity index is 1.59. The summed E-state index contributed by atoms with van der Waals surface area (Å²) in [5.41, 5.74) is 2.79. The summed E-state index contributed by atoms with van der Waals surface area (Å²) in [6.45, 7) is 0. The lowest BCUT2D eigenvalue weighted by Gasteiger charge is -2.32. The molecule has 0 aromatic heterocycles. The highest BCUT2D eigenvalue weighted by Gasteiger charge is 2.38. The average Bonchev–Trinajstić information content (AvgIpc) is 2.71. The highest BCUT2D eigenvalue weighted by molar-refractivity contribution is 6.30. The lowest BCUT2D eigenvalue weighted by Crippen LogP contribution is -2.29. The van der Waals surface area contributed by atoms with E-state index in [2.05, 4.69) is 12.1 Å². The smallest absolute Gasteiger partial charge is 0.228 e. The fourth-order valence-corrected chi connectivity index (χ4v) is 4.52. The van der Waals surface area contributed by atoms with Gasteiger partial charge in [-0.1, -0.05) is 48.0 Å². The first-order chi connectivity index (χ1) is 13.1. The maximum Gasteiger partial charge on any atom is 0.228 e. The van der Waals surface area contributed by atoms with Crippen molar-refractivity contribution in [2.45, 2.75) is 31.6 Å². The molecule has 27 heavy (non-hydrogen) atoms. The van der Waals surface area contributed by atoms with E-state index in [0.717, 1.165) is 30.7 Å². The van der Waals surface area contributed by atoms with Gasteiger partial charge in [0.2, 0.25) is 5.78 Å². The van der Waals surface area contributed by atoms with Crippen LogP contribution in [0.25, 0.3) is 0 Å². The normalized spacial score (nSPS) is 22.6. The standard InChI is InChI=1S/C23H21ClO3/c1-27-23-20(21(25)18-4-2-3-5-19(18)22(23)26)16-8-6-14(7-9-16)15-10-12-17(24)13-11-15/h2-5,10-14,16H,6-9H2,1H3/t14-,16-. The van der Waals surface area contributed by atoms with E-state index in [1.807, 2.05) is 12.1 Å². The Hall–Kier alpha value is -2.39. The van der Waals surface area contributed by atoms with Crippen molar-refractivity contribution >= 4 is 23.2 Å². The number of Topliss-reactive ketones (excluding diaryl/α,β-unsaturated/α-hetero) is 2. The number of carbonyl (C=O) groups excluding carboxylic acids is 2. The molecule has 0 amide bonds. The van der Waals surface area contributed by atoms with Crippen molar-refractivity contribution in [2.24, 2.45) is 5.92 Å². The fraction of sp³-hybridized carbons (Fsp3) is 0.304. The van der Waals surface area contributed by atoms with Crippen molar-refractivity contribution < 1.29 is 14.3 Å². The van der Waals surface area contributed by atoms with Gasteiger partial charge in [-0.25, -0.2) is 0 Å². The third-order valence-electron chi connectivity index (χ3n) is 5.79. The number of methoxy groups -OCH3 is 1. The Labute approximate surface area is 164 Å². The van der Waals surface area contributed by atoms with Crippen LogP contribution in [0.3, 0.4) is 0 Å². The van der Waals surface area contributed by atoms with Crippen LogP contribution in [0.1, 0.15) is 57.9 Å². The van der Waals surface area contributed by atoms with Gasteiger partial charge in [0.05, 0.1) is 7.11 Å². The van der Waals surface area contributed by atoms with E-state index < -0.39 is 0 Å². The second-order valence-electron chi connectivity index (χ2n) is 7.25. The van der Waals surface area contributed by atoms with Crippen LogP contribution in [0.5, 0.6) is 0 Å². The average molecular weight is 381 g/mol. The lowest BCUT2D eigenvalue weighted by molar-refractivity contribution is 0.0890. The molecule has 2 aliphatic rings. The molecule has 0 unspecified atom stereocenters. The molecule has 3 nitrogen and oxygen atoms in total. The summed E-state index contributed by atoms with van der Waals surface area (Å²) in [7, 11) is 1.48. The number of allylic oxidation sites excluding steroid dienone is 2.